The van der Waals surface area contributed by atoms with Crippen LogP contribution in [0.4, 0.5) is 11.9 Å². The second-order valence-electron chi connectivity index (χ2n) is 6.00. The molecule has 116 valence electrons. The maximum atomic E-state index is 5.90. The molecule has 0 saturated heterocycles. The summed E-state index contributed by atoms with van der Waals surface area (Å²) >= 11 is 0. The number of anilines is 2. The quantitative estimate of drug-likeness (QED) is 0.886. The minimum absolute atomic E-state index is 0.228. The van der Waals surface area contributed by atoms with Gasteiger partial charge in [0.2, 0.25) is 11.9 Å². The molecule has 0 aliphatic carbocycles. The van der Waals surface area contributed by atoms with Crippen LogP contribution >= 0.6 is 0 Å². The fraction of sp³-hybridized carbons (Fsp3) is 0.438. The molecule has 2 heterocycles. The summed E-state index contributed by atoms with van der Waals surface area (Å²) in [6, 6.07) is 4.23. The Bertz CT molecular complexity index is 710. The second-order valence-corrected chi connectivity index (χ2v) is 6.00. The Morgan fingerprint density at radius 2 is 1.95 bits per heavy atom. The monoisotopic (exact) mass is 299 g/mol. The second kappa shape index (κ2) is 5.12. The molecule has 3 N–H and O–H groups in total. The highest BCUT2D eigenvalue weighted by Crippen LogP contribution is 2.41. The number of benzene rings is 1. The van der Waals surface area contributed by atoms with E-state index >= 15 is 0 Å². The van der Waals surface area contributed by atoms with Crippen molar-refractivity contribution in [2.75, 3.05) is 17.7 Å². The summed E-state index contributed by atoms with van der Waals surface area (Å²) in [4.78, 5) is 12.5. The van der Waals surface area contributed by atoms with Gasteiger partial charge in [0.15, 0.2) is 0 Å². The SMILES string of the molecule is Cc1nc(N)nc(N[C@]2(C)CCOc3c2ccc(C)c3C)n1. The Kier molecular flexibility index (Phi) is 3.39. The molecule has 0 spiro atoms. The minimum Gasteiger partial charge on any atom is -0.493 e. The predicted octanol–water partition coefficient (Wildman–Crippen LogP) is 2.49. The molecule has 22 heavy (non-hydrogen) atoms. The van der Waals surface area contributed by atoms with E-state index in [1.807, 2.05) is 0 Å². The van der Waals surface area contributed by atoms with E-state index in [-0.39, 0.29) is 11.5 Å². The van der Waals surface area contributed by atoms with E-state index in [0.29, 0.717) is 18.4 Å². The van der Waals surface area contributed by atoms with Gasteiger partial charge in [-0.05, 0) is 38.8 Å². The van der Waals surface area contributed by atoms with Gasteiger partial charge >= 0.3 is 0 Å². The number of aryl methyl sites for hydroxylation is 2. The fourth-order valence-electron chi connectivity index (χ4n) is 2.84. The number of hydrogen-bond acceptors (Lipinski definition) is 6. The molecule has 0 bridgehead atoms. The van der Waals surface area contributed by atoms with E-state index in [2.05, 4.69) is 53.2 Å². The number of aromatic nitrogens is 3. The highest BCUT2D eigenvalue weighted by atomic mass is 16.5. The van der Waals surface area contributed by atoms with E-state index in [4.69, 9.17) is 10.5 Å². The van der Waals surface area contributed by atoms with Crippen LogP contribution in [0.1, 0.15) is 35.9 Å². The lowest BCUT2D eigenvalue weighted by molar-refractivity contribution is 0.236. The summed E-state index contributed by atoms with van der Waals surface area (Å²) in [5, 5.41) is 3.42. The van der Waals surface area contributed by atoms with Crippen LogP contribution in [0.3, 0.4) is 0 Å². The lowest BCUT2D eigenvalue weighted by Gasteiger charge is -2.37. The molecule has 6 nitrogen and oxygen atoms in total. The number of nitrogens with two attached hydrogens (primary N) is 1. The van der Waals surface area contributed by atoms with E-state index in [0.717, 1.165) is 17.7 Å². The smallest absolute Gasteiger partial charge is 0.228 e. The Morgan fingerprint density at radius 3 is 2.68 bits per heavy atom. The standard InChI is InChI=1S/C16H21N5O/c1-9-5-6-12-13(10(9)2)22-8-7-16(12,4)21-15-19-11(3)18-14(17)20-15/h5-6H,7-8H2,1-4H3,(H3,17,18,19,20,21)/t16-/m1/s1. The third kappa shape index (κ3) is 2.45. The Balaban J connectivity index is 2.03. The average Bonchev–Trinajstić information content (AvgIpc) is 2.42. The molecule has 2 aromatic rings. The lowest BCUT2D eigenvalue weighted by atomic mass is 9.84. The van der Waals surface area contributed by atoms with E-state index in [1.165, 1.54) is 11.1 Å². The van der Waals surface area contributed by atoms with Crippen molar-refractivity contribution in [1.82, 2.24) is 15.0 Å². The van der Waals surface area contributed by atoms with E-state index < -0.39 is 0 Å². The maximum Gasteiger partial charge on any atom is 0.228 e. The van der Waals surface area contributed by atoms with Gasteiger partial charge in [-0.15, -0.1) is 0 Å². The zero-order valence-electron chi connectivity index (χ0n) is 13.4. The van der Waals surface area contributed by atoms with Crippen LogP contribution in [0.2, 0.25) is 0 Å². The Hall–Kier alpha value is -2.37. The lowest BCUT2D eigenvalue weighted by Crippen LogP contribution is -2.38. The predicted molar refractivity (Wildman–Crippen MR) is 86.0 cm³/mol. The number of nitrogens with zero attached hydrogens (tertiary/aromatic N) is 3. The molecule has 0 saturated carbocycles. The van der Waals surface area contributed by atoms with Crippen molar-refractivity contribution >= 4 is 11.9 Å². The number of fused-ring (bicyclic) bond motifs is 1. The molecule has 6 heteroatoms. The Morgan fingerprint density at radius 1 is 1.18 bits per heavy atom. The largest absolute Gasteiger partial charge is 0.493 e. The molecule has 0 fully saturated rings. The summed E-state index contributed by atoms with van der Waals surface area (Å²) in [5.74, 6) is 2.29. The van der Waals surface area contributed by atoms with Crippen molar-refractivity contribution in [3.8, 4) is 5.75 Å². The van der Waals surface area contributed by atoms with Crippen molar-refractivity contribution in [2.45, 2.75) is 39.7 Å². The number of nitrogens with one attached hydrogen (secondary N) is 1. The highest BCUT2D eigenvalue weighted by Gasteiger charge is 2.35. The summed E-state index contributed by atoms with van der Waals surface area (Å²) < 4.78 is 5.90. The van der Waals surface area contributed by atoms with Gasteiger partial charge in [-0.25, -0.2) is 0 Å². The van der Waals surface area contributed by atoms with Crippen LogP contribution in [-0.2, 0) is 5.54 Å². The molecule has 1 aromatic carbocycles. The molecule has 0 unspecified atom stereocenters. The van der Waals surface area contributed by atoms with Crippen molar-refractivity contribution in [1.29, 1.82) is 0 Å². The van der Waals surface area contributed by atoms with Crippen LogP contribution in [0, 0.1) is 20.8 Å². The maximum absolute atomic E-state index is 5.90. The first kappa shape index (κ1) is 14.6. The number of ether oxygens (including phenoxy) is 1. The van der Waals surface area contributed by atoms with Crippen LogP contribution in [-0.4, -0.2) is 21.6 Å². The zero-order chi connectivity index (χ0) is 15.9. The van der Waals surface area contributed by atoms with E-state index in [1.54, 1.807) is 6.92 Å². The molecule has 1 aromatic heterocycles. The van der Waals surface area contributed by atoms with Crippen LogP contribution in [0.15, 0.2) is 12.1 Å². The summed E-state index contributed by atoms with van der Waals surface area (Å²) in [6.45, 7) is 8.77. The van der Waals surface area contributed by atoms with Crippen molar-refractivity contribution < 1.29 is 4.74 Å². The first-order valence-corrected chi connectivity index (χ1v) is 7.39. The van der Waals surface area contributed by atoms with Crippen molar-refractivity contribution in [3.05, 3.63) is 34.6 Å². The van der Waals surface area contributed by atoms with Gasteiger partial charge in [-0.1, -0.05) is 12.1 Å². The van der Waals surface area contributed by atoms with Crippen LogP contribution in [0.25, 0.3) is 0 Å². The molecule has 1 aliphatic rings. The van der Waals surface area contributed by atoms with Crippen molar-refractivity contribution in [2.24, 2.45) is 0 Å². The number of rotatable bonds is 2. The third-order valence-electron chi connectivity index (χ3n) is 4.27. The van der Waals surface area contributed by atoms with Gasteiger partial charge in [0, 0.05) is 12.0 Å². The molecule has 1 atom stereocenters. The van der Waals surface area contributed by atoms with Gasteiger partial charge < -0.3 is 15.8 Å². The summed E-state index contributed by atoms with van der Waals surface area (Å²) in [5.41, 5.74) is 8.95. The normalized spacial score (nSPS) is 20.2. The van der Waals surface area contributed by atoms with Crippen LogP contribution < -0.4 is 15.8 Å². The van der Waals surface area contributed by atoms with E-state index in [9.17, 15) is 0 Å². The third-order valence-corrected chi connectivity index (χ3v) is 4.27. The van der Waals surface area contributed by atoms with Crippen LogP contribution in [0.5, 0.6) is 5.75 Å². The summed E-state index contributed by atoms with van der Waals surface area (Å²) in [7, 11) is 0. The minimum atomic E-state index is -0.299. The van der Waals surface area contributed by atoms with Gasteiger partial charge in [0.1, 0.15) is 11.6 Å². The molecule has 1 aliphatic heterocycles. The fourth-order valence-corrected chi connectivity index (χ4v) is 2.84. The average molecular weight is 299 g/mol. The molecule has 0 amide bonds. The topological polar surface area (TPSA) is 86.0 Å². The number of hydrogen-bond donors (Lipinski definition) is 2. The summed E-state index contributed by atoms with van der Waals surface area (Å²) in [6.07, 6.45) is 0.827. The zero-order valence-corrected chi connectivity index (χ0v) is 13.4. The Labute approximate surface area is 130 Å². The van der Waals surface area contributed by atoms with Gasteiger partial charge in [0.25, 0.3) is 0 Å². The van der Waals surface area contributed by atoms with Crippen molar-refractivity contribution in [3.63, 3.8) is 0 Å². The number of nitrogen functional groups attached to an aromatic ring is 1. The highest BCUT2D eigenvalue weighted by molar-refractivity contribution is 5.52. The van der Waals surface area contributed by atoms with Gasteiger partial charge in [-0.2, -0.15) is 15.0 Å². The molecule has 0 radical (unpaired) electrons. The first-order chi connectivity index (χ1) is 10.4. The molecule has 3 rings (SSSR count). The van der Waals surface area contributed by atoms with Gasteiger partial charge in [-0.3, -0.25) is 0 Å². The molecular weight excluding hydrogens is 278 g/mol. The van der Waals surface area contributed by atoms with Gasteiger partial charge in [0.05, 0.1) is 12.1 Å². The first-order valence-electron chi connectivity index (χ1n) is 7.39. The molecular formula is C16H21N5O.